The van der Waals surface area contributed by atoms with E-state index in [1.165, 1.54) is 30.6 Å². The van der Waals surface area contributed by atoms with Crippen LogP contribution in [0.1, 0.15) is 37.2 Å². The van der Waals surface area contributed by atoms with E-state index in [1.807, 2.05) is 6.07 Å². The molecule has 1 aromatic carbocycles. The summed E-state index contributed by atoms with van der Waals surface area (Å²) in [6.07, 6.45) is -4.47. The second-order valence-corrected chi connectivity index (χ2v) is 7.02. The molecule has 0 aliphatic carbocycles. The Hall–Kier alpha value is -2.99. The molecule has 27 heavy (non-hydrogen) atoms. The highest BCUT2D eigenvalue weighted by Gasteiger charge is 2.37. The molecule has 2 heterocycles. The smallest absolute Gasteiger partial charge is 0.416 e. The molecule has 3 rings (SSSR count). The molecule has 1 unspecified atom stereocenters. The van der Waals surface area contributed by atoms with Gasteiger partial charge in [0.05, 0.1) is 23.5 Å². The number of hydrogen-bond acceptors (Lipinski definition) is 6. The molecule has 2 N–H and O–H groups in total. The first-order valence-electron chi connectivity index (χ1n) is 7.65. The molecule has 9 heteroatoms. The average molecular weight is 394 g/mol. The number of aryl methyl sites for hydroxylation is 1. The van der Waals surface area contributed by atoms with Crippen molar-refractivity contribution < 1.29 is 27.4 Å². The first-order chi connectivity index (χ1) is 12.7. The Morgan fingerprint density at radius 2 is 1.96 bits per heavy atom. The van der Waals surface area contributed by atoms with Gasteiger partial charge in [0.15, 0.2) is 5.75 Å². The Morgan fingerprint density at radius 1 is 1.33 bits per heavy atom. The van der Waals surface area contributed by atoms with Gasteiger partial charge in [-0.3, -0.25) is 0 Å². The summed E-state index contributed by atoms with van der Waals surface area (Å²) in [7, 11) is 1.22. The third-order valence-electron chi connectivity index (χ3n) is 4.18. The van der Waals surface area contributed by atoms with Crippen LogP contribution in [0.25, 0.3) is 0 Å². The van der Waals surface area contributed by atoms with E-state index in [0.29, 0.717) is 15.3 Å². The number of esters is 1. The standard InChI is InChI=1S/C18H13F3N2O3S/c1-8-12(17(24)25-2)14-15(27-8)13(11(7-22)16(23)26-14)9-3-5-10(6-4-9)18(19,20)21/h3-6,13H,23H2,1-2H3. The van der Waals surface area contributed by atoms with Gasteiger partial charge in [-0.1, -0.05) is 12.1 Å². The topological polar surface area (TPSA) is 85.3 Å². The fraction of sp³-hybridized carbons (Fsp3) is 0.222. The summed E-state index contributed by atoms with van der Waals surface area (Å²) in [5.74, 6) is -1.38. The van der Waals surface area contributed by atoms with Crippen LogP contribution in [0.3, 0.4) is 0 Å². The van der Waals surface area contributed by atoms with Crippen molar-refractivity contribution in [3.05, 3.63) is 62.2 Å². The molecule has 2 aromatic rings. The lowest BCUT2D eigenvalue weighted by Crippen LogP contribution is -2.21. The predicted molar refractivity (Wildman–Crippen MR) is 91.1 cm³/mol. The van der Waals surface area contributed by atoms with E-state index in [1.54, 1.807) is 6.92 Å². The van der Waals surface area contributed by atoms with Gasteiger partial charge in [-0.15, -0.1) is 11.3 Å². The quantitative estimate of drug-likeness (QED) is 0.776. The van der Waals surface area contributed by atoms with Gasteiger partial charge in [0.2, 0.25) is 5.88 Å². The number of methoxy groups -OCH3 is 1. The molecule has 1 aliphatic rings. The maximum absolute atomic E-state index is 12.8. The predicted octanol–water partition coefficient (Wildman–Crippen LogP) is 4.08. The molecule has 5 nitrogen and oxygen atoms in total. The summed E-state index contributed by atoms with van der Waals surface area (Å²) in [5, 5.41) is 9.50. The van der Waals surface area contributed by atoms with Gasteiger partial charge in [0.25, 0.3) is 0 Å². The molecular formula is C18H13F3N2O3S. The van der Waals surface area contributed by atoms with Crippen molar-refractivity contribution in [3.63, 3.8) is 0 Å². The Balaban J connectivity index is 2.18. The number of benzene rings is 1. The molecule has 140 valence electrons. The van der Waals surface area contributed by atoms with Crippen molar-refractivity contribution in [3.8, 4) is 11.8 Å². The minimum absolute atomic E-state index is 0.0694. The number of carbonyl (C=O) groups excluding carboxylic acids is 1. The number of ether oxygens (including phenoxy) is 2. The zero-order chi connectivity index (χ0) is 19.9. The molecule has 1 atom stereocenters. The fourth-order valence-electron chi connectivity index (χ4n) is 2.92. The van der Waals surface area contributed by atoms with Crippen molar-refractivity contribution in [2.75, 3.05) is 7.11 Å². The molecule has 0 saturated heterocycles. The number of halogens is 3. The Morgan fingerprint density at radius 3 is 2.48 bits per heavy atom. The van der Waals surface area contributed by atoms with E-state index in [2.05, 4.69) is 0 Å². The lowest BCUT2D eigenvalue weighted by molar-refractivity contribution is -0.137. The van der Waals surface area contributed by atoms with Crippen LogP contribution in [-0.4, -0.2) is 13.1 Å². The molecule has 0 radical (unpaired) electrons. The van der Waals surface area contributed by atoms with Gasteiger partial charge in [0.1, 0.15) is 17.2 Å². The molecule has 0 fully saturated rings. The first kappa shape index (κ1) is 18.8. The molecule has 0 spiro atoms. The van der Waals surface area contributed by atoms with Gasteiger partial charge >= 0.3 is 12.1 Å². The number of nitrogens with zero attached hydrogens (tertiary/aromatic N) is 1. The van der Waals surface area contributed by atoms with Crippen LogP contribution in [0, 0.1) is 18.3 Å². The number of thiophene rings is 1. The van der Waals surface area contributed by atoms with Crippen LogP contribution in [0.2, 0.25) is 0 Å². The van der Waals surface area contributed by atoms with E-state index in [4.69, 9.17) is 15.2 Å². The summed E-state index contributed by atoms with van der Waals surface area (Å²) in [6.45, 7) is 1.69. The van der Waals surface area contributed by atoms with E-state index >= 15 is 0 Å². The monoisotopic (exact) mass is 394 g/mol. The molecule has 1 aromatic heterocycles. The number of nitrogens with two attached hydrogens (primary N) is 1. The first-order valence-corrected chi connectivity index (χ1v) is 8.47. The summed E-state index contributed by atoms with van der Waals surface area (Å²) in [5.41, 5.74) is 5.75. The van der Waals surface area contributed by atoms with Crippen LogP contribution in [0.15, 0.2) is 35.7 Å². The van der Waals surface area contributed by atoms with E-state index in [9.17, 15) is 23.2 Å². The highest BCUT2D eigenvalue weighted by Crippen LogP contribution is 2.49. The second kappa shape index (κ2) is 6.63. The lowest BCUT2D eigenvalue weighted by Gasteiger charge is -2.24. The summed E-state index contributed by atoms with van der Waals surface area (Å²) in [6, 6.07) is 6.42. The minimum Gasteiger partial charge on any atom is -0.465 e. The van der Waals surface area contributed by atoms with Crippen LogP contribution in [-0.2, 0) is 10.9 Å². The third kappa shape index (κ3) is 3.13. The van der Waals surface area contributed by atoms with Crippen LogP contribution < -0.4 is 10.5 Å². The Labute approximate surface area is 156 Å². The minimum atomic E-state index is -4.47. The highest BCUT2D eigenvalue weighted by atomic mass is 32.1. The van der Waals surface area contributed by atoms with Crippen LogP contribution >= 0.6 is 11.3 Å². The maximum atomic E-state index is 12.8. The van der Waals surface area contributed by atoms with Gasteiger partial charge in [-0.05, 0) is 24.6 Å². The zero-order valence-corrected chi connectivity index (χ0v) is 15.0. The SMILES string of the molecule is COC(=O)c1c(C)sc2c1OC(N)=C(C#N)C2c1ccc(C(F)(F)F)cc1. The van der Waals surface area contributed by atoms with Gasteiger partial charge in [-0.2, -0.15) is 18.4 Å². The van der Waals surface area contributed by atoms with Crippen molar-refractivity contribution in [1.29, 1.82) is 5.26 Å². The number of alkyl halides is 3. The largest absolute Gasteiger partial charge is 0.465 e. The summed E-state index contributed by atoms with van der Waals surface area (Å²) in [4.78, 5) is 13.2. The number of allylic oxidation sites excluding steroid dienone is 1. The van der Waals surface area contributed by atoms with Gasteiger partial charge in [-0.25, -0.2) is 4.79 Å². The van der Waals surface area contributed by atoms with Crippen molar-refractivity contribution in [1.82, 2.24) is 0 Å². The van der Waals surface area contributed by atoms with Gasteiger partial charge in [0, 0.05) is 4.88 Å². The normalized spacial score (nSPS) is 16.4. The fourth-order valence-corrected chi connectivity index (χ4v) is 4.13. The molecule has 0 saturated carbocycles. The third-order valence-corrected chi connectivity index (χ3v) is 5.33. The van der Waals surface area contributed by atoms with E-state index in [0.717, 1.165) is 12.1 Å². The molecule has 0 amide bonds. The number of rotatable bonds is 2. The maximum Gasteiger partial charge on any atom is 0.416 e. The molecular weight excluding hydrogens is 381 g/mol. The van der Waals surface area contributed by atoms with Crippen LogP contribution in [0.5, 0.6) is 5.75 Å². The van der Waals surface area contributed by atoms with Crippen LogP contribution in [0.4, 0.5) is 13.2 Å². The average Bonchev–Trinajstić information content (AvgIpc) is 2.94. The van der Waals surface area contributed by atoms with Crippen molar-refractivity contribution in [2.45, 2.75) is 19.0 Å². The molecule has 0 bridgehead atoms. The summed E-state index contributed by atoms with van der Waals surface area (Å²) < 4.78 is 48.8. The van der Waals surface area contributed by atoms with Gasteiger partial charge < -0.3 is 15.2 Å². The number of nitriles is 1. The zero-order valence-electron chi connectivity index (χ0n) is 14.2. The number of fused-ring (bicyclic) bond motifs is 1. The van der Waals surface area contributed by atoms with E-state index in [-0.39, 0.29) is 22.8 Å². The Bertz CT molecular complexity index is 985. The van der Waals surface area contributed by atoms with Crippen molar-refractivity contribution >= 4 is 17.3 Å². The number of hydrogen-bond donors (Lipinski definition) is 1. The molecule has 1 aliphatic heterocycles. The highest BCUT2D eigenvalue weighted by molar-refractivity contribution is 7.12. The Kier molecular flexibility index (Phi) is 4.61. The number of carbonyl (C=O) groups is 1. The van der Waals surface area contributed by atoms with E-state index < -0.39 is 23.6 Å². The van der Waals surface area contributed by atoms with Crippen molar-refractivity contribution in [2.24, 2.45) is 5.73 Å². The second-order valence-electron chi connectivity index (χ2n) is 5.76. The lowest BCUT2D eigenvalue weighted by atomic mass is 9.87. The summed E-state index contributed by atoms with van der Waals surface area (Å²) >= 11 is 1.21.